The number of phenolic OH excluding ortho intramolecular Hbond substituents is 1. The van der Waals surface area contributed by atoms with Gasteiger partial charge in [-0.25, -0.2) is 4.79 Å². The van der Waals surface area contributed by atoms with E-state index in [4.69, 9.17) is 9.47 Å². The smallest absolute Gasteiger partial charge is 0.341 e. The van der Waals surface area contributed by atoms with E-state index in [2.05, 4.69) is 4.98 Å². The summed E-state index contributed by atoms with van der Waals surface area (Å²) in [6.07, 6.45) is 1.66. The van der Waals surface area contributed by atoms with E-state index >= 15 is 0 Å². The van der Waals surface area contributed by atoms with Crippen LogP contribution in [-0.2, 0) is 4.74 Å². The molecule has 162 valence electrons. The van der Waals surface area contributed by atoms with Gasteiger partial charge in [-0.3, -0.25) is 4.79 Å². The van der Waals surface area contributed by atoms with Gasteiger partial charge in [-0.2, -0.15) is 0 Å². The Hall–Kier alpha value is -3.48. The number of para-hydroxylation sites is 1. The van der Waals surface area contributed by atoms with E-state index in [0.717, 1.165) is 23.7 Å². The summed E-state index contributed by atoms with van der Waals surface area (Å²) in [6, 6.07) is 13.9. The second-order valence-corrected chi connectivity index (χ2v) is 7.72. The van der Waals surface area contributed by atoms with E-state index in [1.807, 2.05) is 17.0 Å². The number of piperidine rings is 1. The lowest BCUT2D eigenvalue weighted by Crippen LogP contribution is -2.39. The van der Waals surface area contributed by atoms with E-state index in [9.17, 15) is 14.7 Å². The molecule has 0 spiro atoms. The van der Waals surface area contributed by atoms with Gasteiger partial charge in [0.1, 0.15) is 22.8 Å². The van der Waals surface area contributed by atoms with Gasteiger partial charge in [0.2, 0.25) is 0 Å². The lowest BCUT2D eigenvalue weighted by Gasteiger charge is -2.31. The summed E-state index contributed by atoms with van der Waals surface area (Å²) in [5.41, 5.74) is 1.70. The molecular weight excluding hydrogens is 396 g/mol. The Balaban J connectivity index is 1.33. The first-order valence-electron chi connectivity index (χ1n) is 10.5. The summed E-state index contributed by atoms with van der Waals surface area (Å²) in [6.45, 7) is 3.87. The molecule has 1 saturated heterocycles. The van der Waals surface area contributed by atoms with Crippen LogP contribution in [0.15, 0.2) is 48.5 Å². The third-order valence-corrected chi connectivity index (χ3v) is 5.60. The topological polar surface area (TPSA) is 91.9 Å². The van der Waals surface area contributed by atoms with Crippen molar-refractivity contribution in [1.29, 1.82) is 0 Å². The lowest BCUT2D eigenvalue weighted by molar-refractivity contribution is 0.0516. The van der Waals surface area contributed by atoms with Gasteiger partial charge in [-0.15, -0.1) is 0 Å². The molecule has 0 unspecified atom stereocenters. The summed E-state index contributed by atoms with van der Waals surface area (Å²) in [5, 5.41) is 10.5. The number of carbonyl (C=O) groups is 2. The Bertz CT molecular complexity index is 1080. The third-order valence-electron chi connectivity index (χ3n) is 5.60. The summed E-state index contributed by atoms with van der Waals surface area (Å²) in [5.74, 6) is 0.575. The van der Waals surface area contributed by atoms with Crippen molar-refractivity contribution in [2.75, 3.05) is 26.3 Å². The molecule has 7 heteroatoms. The van der Waals surface area contributed by atoms with Gasteiger partial charge in [0.05, 0.1) is 13.2 Å². The van der Waals surface area contributed by atoms with E-state index in [1.165, 1.54) is 0 Å². The minimum absolute atomic E-state index is 0.0392. The first-order chi connectivity index (χ1) is 15.0. The molecule has 7 nitrogen and oxygen atoms in total. The SMILES string of the molecule is CCOC(=O)c1ccccc1OCC1CCN(C(=O)c2cc3ccc(O)cc3[nH]2)CC1. The third kappa shape index (κ3) is 4.66. The number of benzene rings is 2. The van der Waals surface area contributed by atoms with Crippen LogP contribution < -0.4 is 4.74 Å². The van der Waals surface area contributed by atoms with Gasteiger partial charge in [0.25, 0.3) is 5.91 Å². The van der Waals surface area contributed by atoms with Crippen LogP contribution in [0.1, 0.15) is 40.6 Å². The first-order valence-corrected chi connectivity index (χ1v) is 10.5. The van der Waals surface area contributed by atoms with Crippen molar-refractivity contribution in [3.05, 3.63) is 59.8 Å². The number of rotatable bonds is 6. The highest BCUT2D eigenvalue weighted by Crippen LogP contribution is 2.25. The number of H-pyrrole nitrogens is 1. The fourth-order valence-corrected chi connectivity index (χ4v) is 3.88. The fourth-order valence-electron chi connectivity index (χ4n) is 3.88. The van der Waals surface area contributed by atoms with Crippen LogP contribution in [0.2, 0.25) is 0 Å². The maximum absolute atomic E-state index is 12.9. The molecule has 1 aliphatic heterocycles. The summed E-state index contributed by atoms with van der Waals surface area (Å²) in [4.78, 5) is 29.9. The predicted molar refractivity (Wildman–Crippen MR) is 116 cm³/mol. The van der Waals surface area contributed by atoms with Crippen LogP contribution >= 0.6 is 0 Å². The summed E-state index contributed by atoms with van der Waals surface area (Å²) < 4.78 is 11.0. The average molecular weight is 422 g/mol. The number of ether oxygens (including phenoxy) is 2. The van der Waals surface area contributed by atoms with Gasteiger partial charge in [0, 0.05) is 30.1 Å². The number of fused-ring (bicyclic) bond motifs is 1. The van der Waals surface area contributed by atoms with E-state index in [1.54, 1.807) is 43.3 Å². The number of phenols is 1. The molecule has 0 bridgehead atoms. The molecule has 31 heavy (non-hydrogen) atoms. The van der Waals surface area contributed by atoms with Crippen molar-refractivity contribution in [3.63, 3.8) is 0 Å². The molecule has 0 atom stereocenters. The van der Waals surface area contributed by atoms with Crippen molar-refractivity contribution in [3.8, 4) is 11.5 Å². The molecule has 1 aromatic heterocycles. The van der Waals surface area contributed by atoms with Gasteiger partial charge < -0.3 is 24.5 Å². The number of aromatic hydroxyl groups is 1. The second kappa shape index (κ2) is 9.12. The molecule has 4 rings (SSSR count). The van der Waals surface area contributed by atoms with E-state index < -0.39 is 0 Å². The maximum atomic E-state index is 12.9. The van der Waals surface area contributed by atoms with Gasteiger partial charge in [0.15, 0.2) is 0 Å². The summed E-state index contributed by atoms with van der Waals surface area (Å²) in [7, 11) is 0. The number of hydrogen-bond acceptors (Lipinski definition) is 5. The highest BCUT2D eigenvalue weighted by molar-refractivity contribution is 5.98. The van der Waals surface area contributed by atoms with Crippen molar-refractivity contribution in [1.82, 2.24) is 9.88 Å². The standard InChI is InChI=1S/C24H26N2O5/c1-2-30-24(29)19-5-3-4-6-22(19)31-15-16-9-11-26(12-10-16)23(28)21-13-17-7-8-18(27)14-20(17)25-21/h3-8,13-14,16,25,27H,2,9-12,15H2,1H3. The number of esters is 1. The number of aromatic nitrogens is 1. The fraction of sp³-hybridized carbons (Fsp3) is 0.333. The quantitative estimate of drug-likeness (QED) is 0.586. The molecule has 0 radical (unpaired) electrons. The van der Waals surface area contributed by atoms with Crippen molar-refractivity contribution >= 4 is 22.8 Å². The molecule has 3 aromatic rings. The van der Waals surface area contributed by atoms with Crippen LogP contribution in [0, 0.1) is 5.92 Å². The van der Waals surface area contributed by atoms with Gasteiger partial charge in [-0.1, -0.05) is 12.1 Å². The summed E-state index contributed by atoms with van der Waals surface area (Å²) >= 11 is 0. The lowest BCUT2D eigenvalue weighted by atomic mass is 9.97. The number of carbonyl (C=O) groups excluding carboxylic acids is 2. The first kappa shape index (κ1) is 20.8. The molecule has 2 N–H and O–H groups in total. The Kier molecular flexibility index (Phi) is 6.11. The van der Waals surface area contributed by atoms with Crippen LogP contribution in [-0.4, -0.2) is 53.2 Å². The van der Waals surface area contributed by atoms with Gasteiger partial charge >= 0.3 is 5.97 Å². The maximum Gasteiger partial charge on any atom is 0.341 e. The zero-order valence-electron chi connectivity index (χ0n) is 17.5. The highest BCUT2D eigenvalue weighted by Gasteiger charge is 2.25. The predicted octanol–water partition coefficient (Wildman–Crippen LogP) is 3.98. The minimum Gasteiger partial charge on any atom is -0.508 e. The number of nitrogens with zero attached hydrogens (tertiary/aromatic N) is 1. The van der Waals surface area contributed by atoms with Crippen molar-refractivity contribution < 1.29 is 24.2 Å². The van der Waals surface area contributed by atoms with Crippen LogP contribution in [0.25, 0.3) is 10.9 Å². The van der Waals surface area contributed by atoms with E-state index in [0.29, 0.717) is 49.2 Å². The Morgan fingerprint density at radius 3 is 2.68 bits per heavy atom. The molecular formula is C24H26N2O5. The van der Waals surface area contributed by atoms with E-state index in [-0.39, 0.29) is 17.6 Å². The number of nitrogens with one attached hydrogen (secondary N) is 1. The van der Waals surface area contributed by atoms with Crippen LogP contribution in [0.5, 0.6) is 11.5 Å². The molecule has 2 heterocycles. The Labute approximate surface area is 180 Å². The highest BCUT2D eigenvalue weighted by atomic mass is 16.5. The normalized spacial score (nSPS) is 14.5. The second-order valence-electron chi connectivity index (χ2n) is 7.72. The Morgan fingerprint density at radius 2 is 1.90 bits per heavy atom. The molecule has 2 aromatic carbocycles. The molecule has 1 aliphatic rings. The van der Waals surface area contributed by atoms with Crippen LogP contribution in [0.3, 0.4) is 0 Å². The molecule has 1 fully saturated rings. The minimum atomic E-state index is -0.384. The number of aromatic amines is 1. The molecule has 0 saturated carbocycles. The number of likely N-dealkylation sites (tertiary alicyclic amines) is 1. The monoisotopic (exact) mass is 422 g/mol. The zero-order valence-corrected chi connectivity index (χ0v) is 17.5. The zero-order chi connectivity index (χ0) is 21.8. The number of amides is 1. The van der Waals surface area contributed by atoms with Crippen molar-refractivity contribution in [2.45, 2.75) is 19.8 Å². The largest absolute Gasteiger partial charge is 0.508 e. The van der Waals surface area contributed by atoms with Gasteiger partial charge in [-0.05, 0) is 56.0 Å². The van der Waals surface area contributed by atoms with Crippen molar-refractivity contribution in [2.24, 2.45) is 5.92 Å². The molecule has 0 aliphatic carbocycles. The Morgan fingerprint density at radius 1 is 1.13 bits per heavy atom. The number of hydrogen-bond donors (Lipinski definition) is 2. The average Bonchev–Trinajstić information content (AvgIpc) is 3.21. The molecule has 1 amide bonds. The van der Waals surface area contributed by atoms with Crippen LogP contribution in [0.4, 0.5) is 0 Å².